The van der Waals surface area contributed by atoms with Gasteiger partial charge >= 0.3 is 0 Å². The van der Waals surface area contributed by atoms with E-state index in [1.165, 1.54) is 30.7 Å². The molecule has 40 heavy (non-hydrogen) atoms. The van der Waals surface area contributed by atoms with Crippen LogP contribution in [0.15, 0.2) is 42.7 Å². The number of anilines is 2. The zero-order valence-electron chi connectivity index (χ0n) is 23.3. The summed E-state index contributed by atoms with van der Waals surface area (Å²) >= 11 is 0. The first-order valence-electron chi connectivity index (χ1n) is 14.4. The number of hydrogen-bond acceptors (Lipinski definition) is 6. The Hall–Kier alpha value is -3.43. The zero-order valence-corrected chi connectivity index (χ0v) is 23.3. The van der Waals surface area contributed by atoms with Crippen molar-refractivity contribution < 1.29 is 8.78 Å². The normalized spacial score (nSPS) is 22.2. The van der Waals surface area contributed by atoms with Crippen LogP contribution in [0.3, 0.4) is 0 Å². The molecule has 2 fully saturated rings. The first-order chi connectivity index (χ1) is 19.3. The van der Waals surface area contributed by atoms with Crippen molar-refractivity contribution in [1.29, 1.82) is 0 Å². The summed E-state index contributed by atoms with van der Waals surface area (Å²) in [5, 5.41) is 3.20. The molecule has 3 aliphatic heterocycles. The van der Waals surface area contributed by atoms with E-state index in [0.29, 0.717) is 40.3 Å². The lowest BCUT2D eigenvalue weighted by atomic mass is 10.0. The number of rotatable bonds is 6. The van der Waals surface area contributed by atoms with Gasteiger partial charge in [-0.3, -0.25) is 4.90 Å². The molecule has 1 N–H and O–H groups in total. The van der Waals surface area contributed by atoms with Crippen LogP contribution in [0.2, 0.25) is 0 Å². The van der Waals surface area contributed by atoms with Gasteiger partial charge in [-0.15, -0.1) is 0 Å². The Kier molecular flexibility index (Phi) is 6.12. The zero-order chi connectivity index (χ0) is 27.6. The second kappa shape index (κ2) is 9.59. The van der Waals surface area contributed by atoms with E-state index in [0.717, 1.165) is 44.8 Å². The SMILES string of the molecule is CCN1CC2CCC(C1)N2Cc1ccc(Nc2cc(-c3cc(F)c4nc5n(c4c3)C(C)(C)CC5)c(F)cn2)nc1. The molecule has 7 nitrogen and oxygen atoms in total. The maximum absolute atomic E-state index is 15.2. The quantitative estimate of drug-likeness (QED) is 0.329. The molecule has 2 atom stereocenters. The molecule has 3 aliphatic rings. The Bertz CT molecular complexity index is 1570. The Balaban J connectivity index is 1.11. The minimum Gasteiger partial charge on any atom is -0.325 e. The average Bonchev–Trinajstić information content (AvgIpc) is 3.54. The summed E-state index contributed by atoms with van der Waals surface area (Å²) in [4.78, 5) is 18.6. The summed E-state index contributed by atoms with van der Waals surface area (Å²) in [5.74, 6) is 0.997. The van der Waals surface area contributed by atoms with Crippen molar-refractivity contribution in [2.45, 2.75) is 70.6 Å². The van der Waals surface area contributed by atoms with Gasteiger partial charge in [-0.1, -0.05) is 13.0 Å². The number of fused-ring (bicyclic) bond motifs is 5. The lowest BCUT2D eigenvalue weighted by molar-refractivity contribution is 0.0641. The van der Waals surface area contributed by atoms with E-state index < -0.39 is 11.6 Å². The van der Waals surface area contributed by atoms with Gasteiger partial charge in [0.2, 0.25) is 0 Å². The Morgan fingerprint density at radius 2 is 1.75 bits per heavy atom. The predicted molar refractivity (Wildman–Crippen MR) is 153 cm³/mol. The molecular formula is C31H35F2N7. The number of likely N-dealkylation sites (tertiary alicyclic amines) is 1. The number of piperazine rings is 1. The largest absolute Gasteiger partial charge is 0.325 e. The van der Waals surface area contributed by atoms with Gasteiger partial charge in [0, 0.05) is 55.4 Å². The van der Waals surface area contributed by atoms with Gasteiger partial charge in [0.25, 0.3) is 0 Å². The van der Waals surface area contributed by atoms with E-state index in [4.69, 9.17) is 0 Å². The Labute approximate surface area is 233 Å². The molecule has 0 aliphatic carbocycles. The van der Waals surface area contributed by atoms with Crippen LogP contribution in [0.1, 0.15) is 51.4 Å². The van der Waals surface area contributed by atoms with Gasteiger partial charge in [0.15, 0.2) is 5.82 Å². The van der Waals surface area contributed by atoms with Gasteiger partial charge in [0.1, 0.15) is 28.8 Å². The molecule has 208 valence electrons. The molecule has 2 unspecified atom stereocenters. The van der Waals surface area contributed by atoms with Crippen molar-refractivity contribution in [3.63, 3.8) is 0 Å². The average molecular weight is 544 g/mol. The number of likely N-dealkylation sites (N-methyl/N-ethyl adjacent to an activating group) is 1. The van der Waals surface area contributed by atoms with Crippen molar-refractivity contribution in [1.82, 2.24) is 29.3 Å². The summed E-state index contributed by atoms with van der Waals surface area (Å²) in [6.07, 6.45) is 7.36. The molecule has 4 aromatic rings. The predicted octanol–water partition coefficient (Wildman–Crippen LogP) is 5.86. The monoisotopic (exact) mass is 543 g/mol. The number of pyridine rings is 2. The van der Waals surface area contributed by atoms with Gasteiger partial charge in [-0.25, -0.2) is 23.7 Å². The van der Waals surface area contributed by atoms with Gasteiger partial charge < -0.3 is 14.8 Å². The molecule has 6 heterocycles. The van der Waals surface area contributed by atoms with Crippen molar-refractivity contribution in [3.8, 4) is 11.1 Å². The molecule has 0 amide bonds. The maximum atomic E-state index is 15.2. The topological polar surface area (TPSA) is 62.1 Å². The molecule has 9 heteroatoms. The van der Waals surface area contributed by atoms with Crippen LogP contribution < -0.4 is 5.32 Å². The first-order valence-corrected chi connectivity index (χ1v) is 14.4. The summed E-state index contributed by atoms with van der Waals surface area (Å²) in [7, 11) is 0. The summed E-state index contributed by atoms with van der Waals surface area (Å²) in [6, 6.07) is 10.1. The van der Waals surface area contributed by atoms with Crippen LogP contribution in [0.5, 0.6) is 0 Å². The van der Waals surface area contributed by atoms with Crippen LogP contribution in [0, 0.1) is 11.6 Å². The number of nitrogens with zero attached hydrogens (tertiary/aromatic N) is 6. The van der Waals surface area contributed by atoms with Gasteiger partial charge in [0.05, 0.1) is 11.7 Å². The number of nitrogens with one attached hydrogen (secondary N) is 1. The van der Waals surface area contributed by atoms with Crippen LogP contribution in [0.4, 0.5) is 20.4 Å². The van der Waals surface area contributed by atoms with Crippen molar-refractivity contribution >= 4 is 22.7 Å². The van der Waals surface area contributed by atoms with E-state index in [2.05, 4.69) is 61.5 Å². The Morgan fingerprint density at radius 1 is 0.975 bits per heavy atom. The summed E-state index contributed by atoms with van der Waals surface area (Å²) in [5.41, 5.74) is 2.78. The van der Waals surface area contributed by atoms with E-state index in [9.17, 15) is 0 Å². The van der Waals surface area contributed by atoms with Crippen LogP contribution in [0.25, 0.3) is 22.2 Å². The highest BCUT2D eigenvalue weighted by Crippen LogP contribution is 2.38. The molecular weight excluding hydrogens is 508 g/mol. The number of aromatic nitrogens is 4. The minimum absolute atomic E-state index is 0.167. The first kappa shape index (κ1) is 25.5. The molecule has 3 aromatic heterocycles. The fourth-order valence-corrected chi connectivity index (χ4v) is 6.97. The summed E-state index contributed by atoms with van der Waals surface area (Å²) in [6.45, 7) is 10.8. The molecule has 0 spiro atoms. The smallest absolute Gasteiger partial charge is 0.151 e. The van der Waals surface area contributed by atoms with Crippen molar-refractivity contribution in [2.24, 2.45) is 0 Å². The molecule has 0 saturated carbocycles. The number of aryl methyl sites for hydroxylation is 1. The van der Waals surface area contributed by atoms with Gasteiger partial charge in [-0.2, -0.15) is 0 Å². The molecule has 2 bridgehead atoms. The van der Waals surface area contributed by atoms with Crippen LogP contribution >= 0.6 is 0 Å². The number of halogens is 2. The molecule has 7 rings (SSSR count). The van der Waals surface area contributed by atoms with Gasteiger partial charge in [-0.05, 0) is 75.0 Å². The molecule has 2 saturated heterocycles. The number of hydrogen-bond donors (Lipinski definition) is 1. The number of benzene rings is 1. The summed E-state index contributed by atoms with van der Waals surface area (Å²) < 4.78 is 32.3. The van der Waals surface area contributed by atoms with E-state index in [-0.39, 0.29) is 11.1 Å². The highest BCUT2D eigenvalue weighted by molar-refractivity contribution is 5.84. The lowest BCUT2D eigenvalue weighted by Gasteiger charge is -2.40. The fraction of sp³-hybridized carbons (Fsp3) is 0.452. The van der Waals surface area contributed by atoms with Crippen LogP contribution in [-0.2, 0) is 18.5 Å². The maximum Gasteiger partial charge on any atom is 0.151 e. The highest BCUT2D eigenvalue weighted by atomic mass is 19.1. The van der Waals surface area contributed by atoms with Crippen LogP contribution in [-0.4, -0.2) is 61.0 Å². The molecule has 1 aromatic carbocycles. The van der Waals surface area contributed by atoms with E-state index in [1.807, 2.05) is 18.3 Å². The minimum atomic E-state index is -0.508. The third kappa shape index (κ3) is 4.36. The van der Waals surface area contributed by atoms with Crippen molar-refractivity contribution in [3.05, 3.63) is 65.7 Å². The third-order valence-electron chi connectivity index (χ3n) is 9.12. The highest BCUT2D eigenvalue weighted by Gasteiger charge is 2.39. The fourth-order valence-electron chi connectivity index (χ4n) is 6.97. The second-order valence-electron chi connectivity index (χ2n) is 12.1. The molecule has 0 radical (unpaired) electrons. The third-order valence-corrected chi connectivity index (χ3v) is 9.12. The lowest BCUT2D eigenvalue weighted by Crippen LogP contribution is -2.52. The van der Waals surface area contributed by atoms with Crippen molar-refractivity contribution in [2.75, 3.05) is 25.0 Å². The second-order valence-corrected chi connectivity index (χ2v) is 12.1. The Morgan fingerprint density at radius 3 is 2.48 bits per heavy atom. The number of imidazole rings is 1. The van der Waals surface area contributed by atoms with E-state index in [1.54, 1.807) is 6.07 Å². The standard InChI is InChI=1S/C31H35F2N7/c1-4-38-17-21-6-7-22(18-38)39(21)16-19-5-8-27(34-14-19)36-28-13-23(25(33)15-35-28)20-11-24(32)30-26(12-20)40-29(37-30)9-10-31(40,2)3/h5,8,11-15,21-22H,4,6-7,9-10,16-18H2,1-3H3,(H,34,35,36). The van der Waals surface area contributed by atoms with E-state index >= 15 is 8.78 Å².